The largest absolute Gasteiger partial charge is 0.411 e. The molecule has 1 unspecified atom stereocenters. The smallest absolute Gasteiger partial charge is 0.315 e. The summed E-state index contributed by atoms with van der Waals surface area (Å²) in [6.45, 7) is 10.1. The Morgan fingerprint density at radius 3 is 2.13 bits per heavy atom. The van der Waals surface area contributed by atoms with Crippen LogP contribution in [0.15, 0.2) is 5.16 Å². The molecule has 1 heterocycles. The number of nitrogens with zero attached hydrogens (tertiary/aromatic N) is 2. The van der Waals surface area contributed by atoms with Gasteiger partial charge in [0.2, 0.25) is 17.6 Å². The molecule has 6 atom stereocenters. The maximum Gasteiger partial charge on any atom is 0.315 e. The predicted octanol–water partition coefficient (Wildman–Crippen LogP) is 2.71. The van der Waals surface area contributed by atoms with Gasteiger partial charge in [-0.25, -0.2) is 4.79 Å². The minimum atomic E-state index is -1.09. The predicted molar refractivity (Wildman–Crippen MR) is 167 cm³/mol. The molecule has 1 aliphatic heterocycles. The number of hydrogen-bond acceptors (Lipinski definition) is 7. The lowest BCUT2D eigenvalue weighted by atomic mass is 9.81. The van der Waals surface area contributed by atoms with Crippen molar-refractivity contribution in [2.24, 2.45) is 51.3 Å². The first-order valence-electron chi connectivity index (χ1n) is 16.9. The Kier molecular flexibility index (Phi) is 9.26. The van der Waals surface area contributed by atoms with Crippen molar-refractivity contribution in [1.82, 2.24) is 20.9 Å². The molecule has 250 valence electrons. The van der Waals surface area contributed by atoms with Crippen LogP contribution < -0.4 is 21.7 Å². The number of hydrogen-bond donors (Lipinski definition) is 5. The highest BCUT2D eigenvalue weighted by molar-refractivity contribution is 6.37. The molecule has 1 saturated heterocycles. The zero-order valence-corrected chi connectivity index (χ0v) is 27.4. The third-order valence-electron chi connectivity index (χ3n) is 11.1. The third kappa shape index (κ3) is 7.14. The highest BCUT2D eigenvalue weighted by atomic mass is 16.4. The standard InChI is InChI=1S/C33H52N6O6/c1-32(2,3)27(37-31(44)36-23(18-9-7-6-8-10-18)24(38-45)19-13-14-19)30(43)39-16-20-22(33(20,4)5)25(39)29(42)35-21(15-17-11-12-17)26(40)28(34)41/h17-23,25,27,45H,6-16H2,1-5H3,(H2,34,41)(H,35,42)(H2,36,37,44)/b38-24+/t20-,21?,22-,23-,25-,27+/m0/s1. The number of urea groups is 1. The zero-order valence-electron chi connectivity index (χ0n) is 27.4. The summed E-state index contributed by atoms with van der Waals surface area (Å²) in [5.74, 6) is -2.19. The SMILES string of the molecule is CC(C)(C)[C@H](NC(=O)N[C@H](/C(=N/O)C1CC1)C1CCCCC1)C(=O)N1C[C@H]2[C@@H]([C@H]1C(=O)NC(CC1CC1)C(=O)C(N)=O)C2(C)C. The van der Waals surface area contributed by atoms with Crippen LogP contribution in [0.1, 0.15) is 98.8 Å². The van der Waals surface area contributed by atoms with E-state index in [1.165, 1.54) is 0 Å². The van der Waals surface area contributed by atoms with Crippen molar-refractivity contribution in [1.29, 1.82) is 0 Å². The molecular formula is C33H52N6O6. The van der Waals surface area contributed by atoms with E-state index >= 15 is 0 Å². The van der Waals surface area contributed by atoms with E-state index in [4.69, 9.17) is 5.73 Å². The molecule has 0 aromatic heterocycles. The van der Waals surface area contributed by atoms with Crippen LogP contribution in [0.5, 0.6) is 0 Å². The second-order valence-corrected chi connectivity index (χ2v) is 15.9. The molecule has 0 bridgehead atoms. The Balaban J connectivity index is 1.33. The lowest BCUT2D eigenvalue weighted by molar-refractivity contribution is -0.145. The van der Waals surface area contributed by atoms with Gasteiger partial charge in [0.15, 0.2) is 0 Å². The van der Waals surface area contributed by atoms with E-state index in [1.807, 2.05) is 20.8 Å². The number of rotatable bonds is 12. The number of fused-ring (bicyclic) bond motifs is 1. The molecule has 0 aromatic rings. The van der Waals surface area contributed by atoms with Crippen molar-refractivity contribution >= 4 is 35.2 Å². The number of ketones is 1. The number of piperidine rings is 1. The van der Waals surface area contributed by atoms with E-state index in [9.17, 15) is 29.2 Å². The Morgan fingerprint density at radius 1 is 0.956 bits per heavy atom. The summed E-state index contributed by atoms with van der Waals surface area (Å²) in [5, 5.41) is 22.3. The molecule has 5 rings (SSSR count). The Labute approximate surface area is 266 Å². The first-order valence-corrected chi connectivity index (χ1v) is 16.9. The van der Waals surface area contributed by atoms with Gasteiger partial charge >= 0.3 is 6.03 Å². The van der Waals surface area contributed by atoms with E-state index < -0.39 is 53.2 Å². The number of oxime groups is 1. The quantitative estimate of drug-likeness (QED) is 0.0958. The molecule has 12 nitrogen and oxygen atoms in total. The normalized spacial score (nSPS) is 28.3. The summed E-state index contributed by atoms with van der Waals surface area (Å²) >= 11 is 0. The molecule has 5 amide bonds. The highest BCUT2D eigenvalue weighted by Crippen LogP contribution is 2.65. The highest BCUT2D eigenvalue weighted by Gasteiger charge is 2.70. The van der Waals surface area contributed by atoms with Gasteiger partial charge in [0, 0.05) is 12.5 Å². The summed E-state index contributed by atoms with van der Waals surface area (Å²) < 4.78 is 0. The van der Waals surface area contributed by atoms with Crippen molar-refractivity contribution in [3.8, 4) is 0 Å². The summed E-state index contributed by atoms with van der Waals surface area (Å²) in [6, 6.07) is -3.74. The average molecular weight is 629 g/mol. The fourth-order valence-corrected chi connectivity index (χ4v) is 7.97. The first kappa shape index (κ1) is 33.2. The third-order valence-corrected chi connectivity index (χ3v) is 11.1. The number of carbonyl (C=O) groups is 5. The molecule has 45 heavy (non-hydrogen) atoms. The molecule has 0 radical (unpaired) electrons. The molecule has 4 saturated carbocycles. The summed E-state index contributed by atoms with van der Waals surface area (Å²) in [7, 11) is 0. The fourth-order valence-electron chi connectivity index (χ4n) is 7.97. The number of amides is 5. The van der Waals surface area contributed by atoms with Gasteiger partial charge in [-0.1, -0.05) is 71.9 Å². The topological polar surface area (TPSA) is 183 Å². The van der Waals surface area contributed by atoms with E-state index in [-0.39, 0.29) is 40.9 Å². The summed E-state index contributed by atoms with van der Waals surface area (Å²) in [6.07, 6.45) is 9.19. The van der Waals surface area contributed by atoms with Crippen molar-refractivity contribution in [2.45, 2.75) is 123 Å². The second-order valence-electron chi connectivity index (χ2n) is 15.9. The molecule has 5 aliphatic rings. The maximum absolute atomic E-state index is 14.3. The molecule has 0 spiro atoms. The van der Waals surface area contributed by atoms with Crippen molar-refractivity contribution in [2.75, 3.05) is 6.54 Å². The number of nitrogens with two attached hydrogens (primary N) is 1. The van der Waals surface area contributed by atoms with Gasteiger partial charge in [0.1, 0.15) is 12.1 Å². The molecular weight excluding hydrogens is 576 g/mol. The van der Waals surface area contributed by atoms with Crippen LogP contribution in [-0.2, 0) is 19.2 Å². The van der Waals surface area contributed by atoms with E-state index in [2.05, 4.69) is 35.0 Å². The lowest BCUT2D eigenvalue weighted by Crippen LogP contribution is -2.62. The van der Waals surface area contributed by atoms with Crippen LogP contribution in [0.4, 0.5) is 4.79 Å². The maximum atomic E-state index is 14.3. The summed E-state index contributed by atoms with van der Waals surface area (Å²) in [5.41, 5.74) is 5.05. The van der Waals surface area contributed by atoms with Crippen LogP contribution in [0.2, 0.25) is 0 Å². The average Bonchev–Trinajstić information content (AvgIpc) is 3.93. The number of Topliss-reactive ketones (excluding diaryl/α,β-unsaturated/α-hetero) is 1. The van der Waals surface area contributed by atoms with Crippen molar-refractivity contribution < 1.29 is 29.2 Å². The van der Waals surface area contributed by atoms with Gasteiger partial charge in [0.05, 0.1) is 17.8 Å². The van der Waals surface area contributed by atoms with Crippen LogP contribution in [0, 0.1) is 40.4 Å². The monoisotopic (exact) mass is 628 g/mol. The fraction of sp³-hybridized carbons (Fsp3) is 0.818. The molecule has 12 heteroatoms. The second kappa shape index (κ2) is 12.5. The van der Waals surface area contributed by atoms with Crippen molar-refractivity contribution in [3.63, 3.8) is 0 Å². The van der Waals surface area contributed by atoms with Crippen LogP contribution in [-0.4, -0.2) is 76.1 Å². The van der Waals surface area contributed by atoms with Gasteiger partial charge in [-0.15, -0.1) is 0 Å². The Bertz CT molecular complexity index is 1230. The van der Waals surface area contributed by atoms with Crippen LogP contribution in [0.25, 0.3) is 0 Å². The summed E-state index contributed by atoms with van der Waals surface area (Å²) in [4.78, 5) is 67.8. The van der Waals surface area contributed by atoms with E-state index in [0.29, 0.717) is 18.7 Å². The van der Waals surface area contributed by atoms with Gasteiger partial charge in [-0.2, -0.15) is 0 Å². The first-order chi connectivity index (χ1) is 21.1. The van der Waals surface area contributed by atoms with Gasteiger partial charge in [-0.3, -0.25) is 19.2 Å². The van der Waals surface area contributed by atoms with E-state index in [0.717, 1.165) is 57.8 Å². The molecule has 0 aromatic carbocycles. The Hall–Kier alpha value is -3.18. The van der Waals surface area contributed by atoms with Gasteiger partial charge in [0.25, 0.3) is 5.91 Å². The number of carbonyl (C=O) groups excluding carboxylic acids is 5. The number of primary amides is 1. The van der Waals surface area contributed by atoms with E-state index in [1.54, 1.807) is 4.90 Å². The van der Waals surface area contributed by atoms with Gasteiger partial charge < -0.3 is 31.8 Å². The molecule has 4 aliphatic carbocycles. The zero-order chi connectivity index (χ0) is 32.8. The number of likely N-dealkylation sites (tertiary alicyclic amines) is 1. The number of nitrogens with one attached hydrogen (secondary N) is 3. The minimum Gasteiger partial charge on any atom is -0.411 e. The molecule has 5 fully saturated rings. The van der Waals surface area contributed by atoms with Gasteiger partial charge in [-0.05, 0) is 66.6 Å². The Morgan fingerprint density at radius 2 is 1.60 bits per heavy atom. The van der Waals surface area contributed by atoms with Crippen LogP contribution in [0.3, 0.4) is 0 Å². The lowest BCUT2D eigenvalue weighted by Gasteiger charge is -2.38. The van der Waals surface area contributed by atoms with Crippen LogP contribution >= 0.6 is 0 Å². The van der Waals surface area contributed by atoms with Crippen molar-refractivity contribution in [3.05, 3.63) is 0 Å². The minimum absolute atomic E-state index is 0.0953. The molecule has 6 N–H and O–H groups in total.